The van der Waals surface area contributed by atoms with Gasteiger partial charge in [-0.1, -0.05) is 132 Å². The van der Waals surface area contributed by atoms with Crippen molar-refractivity contribution < 1.29 is 43.3 Å². The molecule has 12 nitrogen and oxygen atoms in total. The summed E-state index contributed by atoms with van der Waals surface area (Å²) in [7, 11) is 2.89. The van der Waals surface area contributed by atoms with Crippen LogP contribution in [0.15, 0.2) is 133 Å². The van der Waals surface area contributed by atoms with Gasteiger partial charge >= 0.3 is 17.9 Å². The average Bonchev–Trinajstić information content (AvgIpc) is 1.60. The molecule has 0 atom stereocenters. The molecule has 12 rings (SSSR count). The van der Waals surface area contributed by atoms with Crippen molar-refractivity contribution in [1.82, 2.24) is 13.7 Å². The van der Waals surface area contributed by atoms with Gasteiger partial charge in [-0.05, 0) is 246 Å². The fourth-order valence-electron chi connectivity index (χ4n) is 13.8. The fourth-order valence-corrected chi connectivity index (χ4v) is 14.3. The van der Waals surface area contributed by atoms with Gasteiger partial charge < -0.3 is 28.3 Å². The number of aliphatic carboxylic acids is 1. The van der Waals surface area contributed by atoms with Crippen molar-refractivity contribution >= 4 is 114 Å². The summed E-state index contributed by atoms with van der Waals surface area (Å²) in [6.07, 6.45) is 12.6. The number of carbonyl (C=O) groups is 6. The summed E-state index contributed by atoms with van der Waals surface area (Å²) in [5.74, 6) is 1.78. The molecule has 6 aromatic carbocycles. The second-order valence-electron chi connectivity index (χ2n) is 31.3. The van der Waals surface area contributed by atoms with E-state index in [0.29, 0.717) is 85.3 Å². The van der Waals surface area contributed by atoms with Crippen molar-refractivity contribution in [3.63, 3.8) is 0 Å². The standard InChI is InChI=1S/C29H34ClNO3.C28H32ClNO3.C22H31NO2.C7H4Cl2O/c1-18(2)21-11-14-23-24(15-21)31(17-19-7-6-8-19)25(16-29(3,4)28(33)34-5)26(23)27(32)20-9-12-22(30)13-10-20;1-17(2)20-10-13-22-23(14-20)30(16-18-6-5-7-18)24(15-28(3,4)27(32)33)25(22)26(31)19-8-11-21(29)12-9-19;1-15(2)17-9-10-18-11-19(13-22(3,4)21(24)25-5)23(20(18)12-17)14-16-7-6-8-16;8-6-3-1-5(2-4-6)7(9)10/h9-15,18-19H,6-8,16-17H2,1-5H3;8-14,17-18H,5-7,15-16H2,1-4H3,(H,32,33);9-12,15-16H,6-8,13-14H2,1-5H3;1-4H. The number of hydrogen-bond donors (Lipinski definition) is 1. The normalized spacial score (nSPS) is 14.3. The molecule has 16 heteroatoms. The molecule has 102 heavy (non-hydrogen) atoms. The zero-order valence-electron chi connectivity index (χ0n) is 61.8. The third-order valence-corrected chi connectivity index (χ3v) is 22.0. The van der Waals surface area contributed by atoms with Crippen molar-refractivity contribution in [3.8, 4) is 0 Å². The van der Waals surface area contributed by atoms with Crippen LogP contribution >= 0.6 is 46.4 Å². The van der Waals surface area contributed by atoms with E-state index in [-0.39, 0.29) is 29.9 Å². The Labute approximate surface area is 622 Å². The van der Waals surface area contributed by atoms with E-state index in [2.05, 4.69) is 110 Å². The summed E-state index contributed by atoms with van der Waals surface area (Å²) in [5, 5.41) is 14.3. The van der Waals surface area contributed by atoms with Gasteiger partial charge in [0.1, 0.15) is 0 Å². The maximum atomic E-state index is 13.9. The number of carboxylic acid groups (broad SMARTS) is 1. The van der Waals surface area contributed by atoms with Crippen LogP contribution in [0.5, 0.6) is 0 Å². The monoisotopic (exact) mass is 1460 g/mol. The average molecular weight is 1460 g/mol. The van der Waals surface area contributed by atoms with E-state index in [4.69, 9.17) is 55.9 Å². The third kappa shape index (κ3) is 18.5. The number of rotatable bonds is 23. The fraction of sp³-hybridized carbons (Fsp3) is 0.442. The Hall–Kier alpha value is -7.48. The van der Waals surface area contributed by atoms with E-state index in [1.807, 2.05) is 33.8 Å². The highest BCUT2D eigenvalue weighted by atomic mass is 35.5. The number of aromatic nitrogens is 3. The first kappa shape index (κ1) is 78.7. The molecule has 9 aromatic rings. The minimum atomic E-state index is -0.998. The minimum Gasteiger partial charge on any atom is -0.481 e. The topological polar surface area (TPSA) is 156 Å². The summed E-state index contributed by atoms with van der Waals surface area (Å²) in [5.41, 5.74) is 10.9. The van der Waals surface area contributed by atoms with Gasteiger partial charge in [0.15, 0.2) is 11.6 Å². The lowest BCUT2D eigenvalue weighted by molar-refractivity contribution is -0.151. The van der Waals surface area contributed by atoms with Crippen LogP contribution in [0, 0.1) is 34.0 Å². The predicted octanol–water partition coefficient (Wildman–Crippen LogP) is 22.3. The summed E-state index contributed by atoms with van der Waals surface area (Å²) in [6.45, 7) is 27.1. The van der Waals surface area contributed by atoms with E-state index < -0.39 is 27.5 Å². The van der Waals surface area contributed by atoms with Crippen LogP contribution in [-0.4, -0.2) is 67.7 Å². The molecule has 3 heterocycles. The highest BCUT2D eigenvalue weighted by molar-refractivity contribution is 6.67. The number of ketones is 2. The lowest BCUT2D eigenvalue weighted by Crippen LogP contribution is -2.30. The minimum absolute atomic E-state index is 0.0398. The van der Waals surface area contributed by atoms with Gasteiger partial charge in [0, 0.05) is 115 Å². The number of carbonyl (C=O) groups excluding carboxylic acids is 5. The van der Waals surface area contributed by atoms with E-state index >= 15 is 0 Å². The van der Waals surface area contributed by atoms with Crippen molar-refractivity contribution in [2.75, 3.05) is 14.2 Å². The van der Waals surface area contributed by atoms with E-state index in [0.717, 1.165) is 58.7 Å². The number of methoxy groups -OCH3 is 2. The lowest BCUT2D eigenvalue weighted by Gasteiger charge is -2.29. The number of benzene rings is 6. The highest BCUT2D eigenvalue weighted by Crippen LogP contribution is 2.42. The lowest BCUT2D eigenvalue weighted by atomic mass is 9.84. The molecule has 3 fully saturated rings. The number of esters is 2. The molecule has 3 aliphatic carbocycles. The molecular formula is C86H101Cl4N3O9. The second-order valence-corrected chi connectivity index (χ2v) is 32.9. The number of hydrogen-bond acceptors (Lipinski definition) is 8. The Morgan fingerprint density at radius 1 is 0.441 bits per heavy atom. The Balaban J connectivity index is 0.000000168. The molecule has 0 spiro atoms. The molecule has 0 amide bonds. The van der Waals surface area contributed by atoms with Crippen LogP contribution in [0.25, 0.3) is 32.7 Å². The van der Waals surface area contributed by atoms with Gasteiger partial charge in [-0.25, -0.2) is 0 Å². The number of ether oxygens (including phenoxy) is 2. The first-order chi connectivity index (χ1) is 48.2. The molecule has 0 saturated heterocycles. The maximum absolute atomic E-state index is 13.9. The molecule has 3 aliphatic rings. The molecule has 1 N–H and O–H groups in total. The van der Waals surface area contributed by atoms with E-state index in [1.165, 1.54) is 105 Å². The first-order valence-corrected chi connectivity index (χ1v) is 37.6. The Kier molecular flexibility index (Phi) is 25.9. The molecule has 0 unspecified atom stereocenters. The first-order valence-electron chi connectivity index (χ1n) is 36.1. The Morgan fingerprint density at radius 2 is 0.775 bits per heavy atom. The van der Waals surface area contributed by atoms with Gasteiger partial charge in [-0.15, -0.1) is 0 Å². The molecule has 3 aromatic heterocycles. The van der Waals surface area contributed by atoms with Crippen LogP contribution in [0.3, 0.4) is 0 Å². The Morgan fingerprint density at radius 3 is 1.11 bits per heavy atom. The van der Waals surface area contributed by atoms with Crippen LogP contribution in [0.4, 0.5) is 0 Å². The van der Waals surface area contributed by atoms with Crippen LogP contribution < -0.4 is 0 Å². The zero-order valence-corrected chi connectivity index (χ0v) is 64.9. The summed E-state index contributed by atoms with van der Waals surface area (Å²) >= 11 is 22.9. The predicted molar refractivity (Wildman–Crippen MR) is 416 cm³/mol. The summed E-state index contributed by atoms with van der Waals surface area (Å²) < 4.78 is 17.2. The van der Waals surface area contributed by atoms with Crippen LogP contribution in [0.2, 0.25) is 15.1 Å². The van der Waals surface area contributed by atoms with Gasteiger partial charge in [0.2, 0.25) is 0 Å². The van der Waals surface area contributed by atoms with Crippen LogP contribution in [-0.2, 0) is 62.8 Å². The van der Waals surface area contributed by atoms with Crippen molar-refractivity contribution in [2.45, 2.75) is 198 Å². The Bertz CT molecular complexity index is 4500. The quantitative estimate of drug-likeness (QED) is 0.0374. The van der Waals surface area contributed by atoms with Crippen molar-refractivity contribution in [3.05, 3.63) is 210 Å². The summed E-state index contributed by atoms with van der Waals surface area (Å²) in [4.78, 5) is 75.2. The molecule has 0 bridgehead atoms. The molecule has 0 aliphatic heterocycles. The third-order valence-electron chi connectivity index (χ3n) is 21.0. The number of nitrogens with zero attached hydrogens (tertiary/aromatic N) is 3. The zero-order chi connectivity index (χ0) is 74.3. The smallest absolute Gasteiger partial charge is 0.311 e. The summed E-state index contributed by atoms with van der Waals surface area (Å²) in [6, 6.07) is 42.2. The van der Waals surface area contributed by atoms with Crippen LogP contribution in [0.1, 0.15) is 235 Å². The van der Waals surface area contributed by atoms with Gasteiger partial charge in [0.05, 0.1) is 41.6 Å². The second kappa shape index (κ2) is 33.5. The molecule has 542 valence electrons. The van der Waals surface area contributed by atoms with Gasteiger partial charge in [-0.2, -0.15) is 0 Å². The molecule has 0 radical (unpaired) electrons. The molecule has 3 saturated carbocycles. The van der Waals surface area contributed by atoms with Crippen molar-refractivity contribution in [1.29, 1.82) is 0 Å². The maximum Gasteiger partial charge on any atom is 0.311 e. The van der Waals surface area contributed by atoms with E-state index in [1.54, 1.807) is 86.6 Å². The number of fused-ring (bicyclic) bond motifs is 3. The van der Waals surface area contributed by atoms with Crippen molar-refractivity contribution in [2.24, 2.45) is 34.0 Å². The highest BCUT2D eigenvalue weighted by Gasteiger charge is 2.38. The van der Waals surface area contributed by atoms with Gasteiger partial charge in [-0.3, -0.25) is 28.8 Å². The largest absolute Gasteiger partial charge is 0.481 e. The number of halogens is 4. The SMILES string of the molecule is CC(C)c1ccc2c(C(=O)c3ccc(Cl)cc3)c(CC(C)(C)C(=O)O)n(CC3CCC3)c2c1.COC(=O)C(C)(C)Cc1c(C(=O)c2ccc(Cl)cc2)c2ccc(C(C)C)cc2n1CC1CCC1.COC(=O)C(C)(C)Cc1cc2ccc(C(C)C)cc2n1CC1CCC1.O=C(Cl)c1ccc(Cl)cc1. The number of carboxylic acids is 1. The molecular weight excluding hydrogens is 1360 g/mol. The van der Waals surface area contributed by atoms with E-state index in [9.17, 15) is 33.9 Å². The van der Waals surface area contributed by atoms with Gasteiger partial charge in [0.25, 0.3) is 5.24 Å².